The number of nitrogen functional groups attached to an aromatic ring is 1. The summed E-state index contributed by atoms with van der Waals surface area (Å²) in [5, 5.41) is 3.28. The third-order valence-corrected chi connectivity index (χ3v) is 4.78. The average Bonchev–Trinajstić information content (AvgIpc) is 2.61. The van der Waals surface area contributed by atoms with Gasteiger partial charge >= 0.3 is 0 Å². The third kappa shape index (κ3) is 3.82. The number of hydrogen-bond acceptors (Lipinski definition) is 7. The monoisotopic (exact) mass is 307 g/mol. The number of hydrogen-bond donors (Lipinski definition) is 3. The molecule has 0 bridgehead atoms. The van der Waals surface area contributed by atoms with Crippen molar-refractivity contribution in [3.05, 3.63) is 4.88 Å². The van der Waals surface area contributed by atoms with Gasteiger partial charge in [-0.3, -0.25) is 4.79 Å². The second-order valence-corrected chi connectivity index (χ2v) is 6.89. The Balaban J connectivity index is 3.08. The van der Waals surface area contributed by atoms with Gasteiger partial charge in [-0.1, -0.05) is 0 Å². The summed E-state index contributed by atoms with van der Waals surface area (Å²) in [6.07, 6.45) is 1.74. The molecule has 0 spiro atoms. The first-order valence-electron chi connectivity index (χ1n) is 5.44. The summed E-state index contributed by atoms with van der Waals surface area (Å²) in [5.74, 6) is -0.739. The average molecular weight is 307 g/mol. The van der Waals surface area contributed by atoms with Gasteiger partial charge in [-0.25, -0.2) is 8.42 Å². The van der Waals surface area contributed by atoms with E-state index in [2.05, 4.69) is 5.32 Å². The van der Waals surface area contributed by atoms with Crippen LogP contribution in [0.5, 0.6) is 0 Å². The van der Waals surface area contributed by atoms with Crippen molar-refractivity contribution in [3.63, 3.8) is 0 Å². The smallest absolute Gasteiger partial charge is 0.261 e. The molecule has 0 saturated heterocycles. The van der Waals surface area contributed by atoms with Crippen LogP contribution in [0.25, 0.3) is 0 Å². The van der Waals surface area contributed by atoms with Crippen LogP contribution in [0.3, 0.4) is 0 Å². The van der Waals surface area contributed by atoms with Gasteiger partial charge in [0.2, 0.25) is 0 Å². The van der Waals surface area contributed by atoms with Crippen LogP contribution in [0.2, 0.25) is 0 Å². The summed E-state index contributed by atoms with van der Waals surface area (Å²) in [5.41, 5.74) is 10.8. The van der Waals surface area contributed by atoms with Crippen molar-refractivity contribution in [2.24, 2.45) is 5.73 Å². The summed E-state index contributed by atoms with van der Waals surface area (Å²) >= 11 is 0.948. The molecule has 1 heterocycles. The minimum Gasteiger partial charge on any atom is -0.396 e. The zero-order valence-electron chi connectivity index (χ0n) is 10.7. The topological polar surface area (TPSA) is 125 Å². The molecule has 0 unspecified atom stereocenters. The standard InChI is InChI=1S/C10H17N3O4S2/c1-17-5-3-4-13-10-8(19(2,15)16)6(11)7(18-10)9(12)14/h13H,3-5,11H2,1-2H3,(H2,12,14). The molecule has 0 aromatic carbocycles. The fourth-order valence-corrected chi connectivity index (χ4v) is 3.96. The molecule has 1 amide bonds. The number of carbonyl (C=O) groups excluding carboxylic acids is 1. The van der Waals surface area contributed by atoms with Gasteiger partial charge in [0.1, 0.15) is 14.8 Å². The number of methoxy groups -OCH3 is 1. The first-order chi connectivity index (χ1) is 8.79. The predicted molar refractivity (Wildman–Crippen MR) is 75.3 cm³/mol. The van der Waals surface area contributed by atoms with Crippen molar-refractivity contribution in [1.29, 1.82) is 0 Å². The van der Waals surface area contributed by atoms with Crippen LogP contribution >= 0.6 is 11.3 Å². The maximum atomic E-state index is 11.7. The SMILES string of the molecule is COCCCNc1sc(C(N)=O)c(N)c1S(C)(=O)=O. The van der Waals surface area contributed by atoms with Crippen LogP contribution < -0.4 is 16.8 Å². The third-order valence-electron chi connectivity index (χ3n) is 2.30. The molecule has 0 atom stereocenters. The normalized spacial score (nSPS) is 11.5. The molecule has 1 aromatic heterocycles. The lowest BCUT2D eigenvalue weighted by Crippen LogP contribution is -2.12. The number of primary amides is 1. The summed E-state index contributed by atoms with van der Waals surface area (Å²) in [7, 11) is -1.96. The van der Waals surface area contributed by atoms with E-state index in [-0.39, 0.29) is 15.5 Å². The van der Waals surface area contributed by atoms with Gasteiger partial charge in [-0.15, -0.1) is 11.3 Å². The van der Waals surface area contributed by atoms with E-state index >= 15 is 0 Å². The van der Waals surface area contributed by atoms with Crippen LogP contribution in [-0.4, -0.2) is 40.8 Å². The second-order valence-electron chi connectivity index (χ2n) is 3.91. The molecule has 0 aliphatic carbocycles. The number of thiophene rings is 1. The number of ether oxygens (including phenoxy) is 1. The van der Waals surface area contributed by atoms with Crippen molar-refractivity contribution in [2.45, 2.75) is 11.3 Å². The van der Waals surface area contributed by atoms with Crippen molar-refractivity contribution < 1.29 is 17.9 Å². The Morgan fingerprint density at radius 1 is 1.47 bits per heavy atom. The molecular formula is C10H17N3O4S2. The molecule has 19 heavy (non-hydrogen) atoms. The lowest BCUT2D eigenvalue weighted by Gasteiger charge is -2.06. The molecule has 7 nitrogen and oxygen atoms in total. The first kappa shape index (κ1) is 15.7. The minimum absolute atomic E-state index is 0.0506. The molecule has 0 aliphatic rings. The van der Waals surface area contributed by atoms with E-state index in [1.807, 2.05) is 0 Å². The number of sulfone groups is 1. The first-order valence-corrected chi connectivity index (χ1v) is 8.14. The highest BCUT2D eigenvalue weighted by atomic mass is 32.2. The second kappa shape index (κ2) is 6.22. The van der Waals surface area contributed by atoms with Crippen LogP contribution in [0, 0.1) is 0 Å². The Morgan fingerprint density at radius 3 is 2.58 bits per heavy atom. The van der Waals surface area contributed by atoms with Gasteiger partial charge in [0, 0.05) is 26.5 Å². The molecule has 0 aliphatic heterocycles. The van der Waals surface area contributed by atoms with E-state index in [4.69, 9.17) is 16.2 Å². The van der Waals surface area contributed by atoms with Crippen molar-refractivity contribution in [1.82, 2.24) is 0 Å². The predicted octanol–water partition coefficient (Wildman–Crippen LogP) is 0.281. The van der Waals surface area contributed by atoms with E-state index < -0.39 is 15.7 Å². The Labute approximate surface area is 115 Å². The molecule has 0 radical (unpaired) electrons. The van der Waals surface area contributed by atoms with Crippen molar-refractivity contribution >= 4 is 37.8 Å². The van der Waals surface area contributed by atoms with E-state index in [1.165, 1.54) is 0 Å². The van der Waals surface area contributed by atoms with E-state index in [1.54, 1.807) is 7.11 Å². The maximum Gasteiger partial charge on any atom is 0.261 e. The number of rotatable bonds is 7. The van der Waals surface area contributed by atoms with Gasteiger partial charge in [0.15, 0.2) is 9.84 Å². The highest BCUT2D eigenvalue weighted by Crippen LogP contribution is 2.38. The van der Waals surface area contributed by atoms with E-state index in [9.17, 15) is 13.2 Å². The van der Waals surface area contributed by atoms with Gasteiger partial charge in [0.05, 0.1) is 5.69 Å². The van der Waals surface area contributed by atoms with Gasteiger partial charge < -0.3 is 21.5 Å². The Hall–Kier alpha value is -1.32. The molecular weight excluding hydrogens is 290 g/mol. The number of nitrogens with two attached hydrogens (primary N) is 2. The van der Waals surface area contributed by atoms with Crippen molar-refractivity contribution in [2.75, 3.05) is 37.6 Å². The molecule has 0 saturated carbocycles. The maximum absolute atomic E-state index is 11.7. The van der Waals surface area contributed by atoms with E-state index in [0.29, 0.717) is 24.6 Å². The molecule has 0 fully saturated rings. The van der Waals surface area contributed by atoms with Crippen molar-refractivity contribution in [3.8, 4) is 0 Å². The van der Waals surface area contributed by atoms with Crippen LogP contribution in [-0.2, 0) is 14.6 Å². The fourth-order valence-electron chi connectivity index (χ4n) is 1.51. The molecule has 1 rings (SSSR count). The largest absolute Gasteiger partial charge is 0.396 e. The Morgan fingerprint density at radius 2 is 2.11 bits per heavy atom. The quantitative estimate of drug-likeness (QED) is 0.621. The van der Waals surface area contributed by atoms with Gasteiger partial charge in [-0.05, 0) is 6.42 Å². The zero-order chi connectivity index (χ0) is 14.6. The van der Waals surface area contributed by atoms with Crippen LogP contribution in [0.4, 0.5) is 10.7 Å². The number of carbonyl (C=O) groups is 1. The fraction of sp³-hybridized carbons (Fsp3) is 0.500. The molecule has 9 heteroatoms. The number of amides is 1. The lowest BCUT2D eigenvalue weighted by molar-refractivity contribution is 0.100. The van der Waals surface area contributed by atoms with E-state index in [0.717, 1.165) is 17.6 Å². The van der Waals surface area contributed by atoms with Gasteiger partial charge in [0.25, 0.3) is 5.91 Å². The van der Waals surface area contributed by atoms with Crippen LogP contribution in [0.15, 0.2) is 4.90 Å². The Bertz CT molecular complexity index is 566. The Kier molecular flexibility index (Phi) is 5.15. The summed E-state index contributed by atoms with van der Waals surface area (Å²) in [4.78, 5) is 11.2. The summed E-state index contributed by atoms with van der Waals surface area (Å²) in [6, 6.07) is 0. The molecule has 108 valence electrons. The minimum atomic E-state index is -3.54. The highest BCUT2D eigenvalue weighted by molar-refractivity contribution is 7.91. The summed E-state index contributed by atoms with van der Waals surface area (Å²) < 4.78 is 28.3. The molecule has 5 N–H and O–H groups in total. The highest BCUT2D eigenvalue weighted by Gasteiger charge is 2.25. The number of anilines is 2. The molecule has 1 aromatic rings. The lowest BCUT2D eigenvalue weighted by atomic mass is 10.4. The number of nitrogens with one attached hydrogen (secondary N) is 1. The summed E-state index contributed by atoms with van der Waals surface area (Å²) in [6.45, 7) is 1.05. The van der Waals surface area contributed by atoms with Gasteiger partial charge in [-0.2, -0.15) is 0 Å². The van der Waals surface area contributed by atoms with Crippen LogP contribution in [0.1, 0.15) is 16.1 Å². The zero-order valence-corrected chi connectivity index (χ0v) is 12.4.